The fourth-order valence-electron chi connectivity index (χ4n) is 1.60. The summed E-state index contributed by atoms with van der Waals surface area (Å²) in [7, 11) is 2.01. The highest BCUT2D eigenvalue weighted by molar-refractivity contribution is 9.10. The number of anilines is 1. The molecule has 0 bridgehead atoms. The summed E-state index contributed by atoms with van der Waals surface area (Å²) in [5.41, 5.74) is 1.17. The average Bonchev–Trinajstić information content (AvgIpc) is 2.29. The Morgan fingerprint density at radius 2 is 2.00 bits per heavy atom. The first kappa shape index (κ1) is 12.4. The number of aromatic nitrogens is 1. The summed E-state index contributed by atoms with van der Waals surface area (Å²) in [5.74, 6) is 0.930. The van der Waals surface area contributed by atoms with Crippen molar-refractivity contribution in [3.63, 3.8) is 0 Å². The largest absolute Gasteiger partial charge is 0.355 e. The zero-order valence-electron chi connectivity index (χ0n) is 9.40. The third kappa shape index (κ3) is 3.45. The minimum Gasteiger partial charge on any atom is -0.355 e. The summed E-state index contributed by atoms with van der Waals surface area (Å²) in [6.45, 7) is 0.782. The van der Waals surface area contributed by atoms with E-state index in [1.807, 2.05) is 43.4 Å². The second-order valence-corrected chi connectivity index (χ2v) is 5.05. The first-order valence-corrected chi connectivity index (χ1v) is 6.40. The van der Waals surface area contributed by atoms with E-state index >= 15 is 0 Å². The lowest BCUT2D eigenvalue weighted by atomic mass is 10.2. The molecule has 2 rings (SSSR count). The van der Waals surface area contributed by atoms with Crippen LogP contribution in [-0.4, -0.2) is 12.0 Å². The molecular weight excluding hydrogens is 300 g/mol. The molecule has 0 amide bonds. The van der Waals surface area contributed by atoms with Crippen LogP contribution in [0.1, 0.15) is 5.56 Å². The van der Waals surface area contributed by atoms with Gasteiger partial charge in [-0.1, -0.05) is 29.8 Å². The van der Waals surface area contributed by atoms with Crippen LogP contribution < -0.4 is 4.90 Å². The molecule has 0 atom stereocenters. The van der Waals surface area contributed by atoms with E-state index in [0.717, 1.165) is 22.0 Å². The summed E-state index contributed by atoms with van der Waals surface area (Å²) in [5, 5.41) is 0.762. The van der Waals surface area contributed by atoms with Gasteiger partial charge in [-0.2, -0.15) is 0 Å². The van der Waals surface area contributed by atoms with Gasteiger partial charge in [0.2, 0.25) is 0 Å². The van der Waals surface area contributed by atoms with Crippen LogP contribution in [0.3, 0.4) is 0 Å². The molecule has 0 spiro atoms. The SMILES string of the molecule is CN(Cc1cccc(Cl)c1)c1cccc(Br)n1. The van der Waals surface area contributed by atoms with Crippen molar-refractivity contribution >= 4 is 33.3 Å². The van der Waals surface area contributed by atoms with Gasteiger partial charge in [-0.05, 0) is 45.8 Å². The molecule has 0 aliphatic heterocycles. The van der Waals surface area contributed by atoms with E-state index in [0.29, 0.717) is 0 Å². The molecular formula is C13H12BrClN2. The molecule has 1 heterocycles. The number of nitrogens with zero attached hydrogens (tertiary/aromatic N) is 2. The molecule has 0 saturated carbocycles. The van der Waals surface area contributed by atoms with Gasteiger partial charge in [-0.25, -0.2) is 4.98 Å². The van der Waals surface area contributed by atoms with Gasteiger partial charge in [0, 0.05) is 18.6 Å². The monoisotopic (exact) mass is 310 g/mol. The van der Waals surface area contributed by atoms with Crippen molar-refractivity contribution in [2.24, 2.45) is 0 Å². The standard InChI is InChI=1S/C13H12BrClN2/c1-17(13-7-3-6-12(14)16-13)9-10-4-2-5-11(15)8-10/h2-8H,9H2,1H3. The van der Waals surface area contributed by atoms with E-state index in [1.54, 1.807) is 0 Å². The van der Waals surface area contributed by atoms with Gasteiger partial charge < -0.3 is 4.90 Å². The third-order valence-electron chi connectivity index (χ3n) is 2.40. The molecule has 0 radical (unpaired) electrons. The fraction of sp³-hybridized carbons (Fsp3) is 0.154. The van der Waals surface area contributed by atoms with Crippen LogP contribution in [0.4, 0.5) is 5.82 Å². The maximum Gasteiger partial charge on any atom is 0.129 e. The third-order valence-corrected chi connectivity index (χ3v) is 3.08. The number of rotatable bonds is 3. The maximum absolute atomic E-state index is 5.96. The Balaban J connectivity index is 2.14. The molecule has 88 valence electrons. The van der Waals surface area contributed by atoms with Gasteiger partial charge in [-0.3, -0.25) is 0 Å². The molecule has 1 aromatic heterocycles. The first-order valence-electron chi connectivity index (χ1n) is 5.23. The minimum absolute atomic E-state index is 0.762. The van der Waals surface area contributed by atoms with Crippen molar-refractivity contribution < 1.29 is 0 Å². The maximum atomic E-state index is 5.96. The number of pyridine rings is 1. The lowest BCUT2D eigenvalue weighted by molar-refractivity contribution is 0.895. The van der Waals surface area contributed by atoms with Crippen molar-refractivity contribution in [2.75, 3.05) is 11.9 Å². The zero-order valence-corrected chi connectivity index (χ0v) is 11.7. The second-order valence-electron chi connectivity index (χ2n) is 3.80. The number of hydrogen-bond donors (Lipinski definition) is 0. The Morgan fingerprint density at radius 3 is 2.71 bits per heavy atom. The fourth-order valence-corrected chi connectivity index (χ4v) is 2.15. The Labute approximate surface area is 114 Å². The second kappa shape index (κ2) is 5.52. The van der Waals surface area contributed by atoms with Crippen molar-refractivity contribution in [3.05, 3.63) is 57.7 Å². The Bertz CT molecular complexity index is 516. The number of benzene rings is 1. The zero-order chi connectivity index (χ0) is 12.3. The molecule has 1 aromatic carbocycles. The highest BCUT2D eigenvalue weighted by Gasteiger charge is 2.04. The summed E-state index contributed by atoms with van der Waals surface area (Å²) in [4.78, 5) is 6.48. The van der Waals surface area contributed by atoms with Gasteiger partial charge in [0.1, 0.15) is 10.4 Å². The van der Waals surface area contributed by atoms with Crippen LogP contribution in [0.2, 0.25) is 5.02 Å². The number of halogens is 2. The number of hydrogen-bond acceptors (Lipinski definition) is 2. The molecule has 2 aromatic rings. The smallest absolute Gasteiger partial charge is 0.129 e. The predicted molar refractivity (Wildman–Crippen MR) is 75.5 cm³/mol. The van der Waals surface area contributed by atoms with Gasteiger partial charge in [-0.15, -0.1) is 0 Å². The Hall–Kier alpha value is -1.06. The van der Waals surface area contributed by atoms with E-state index in [4.69, 9.17) is 11.6 Å². The molecule has 4 heteroatoms. The molecule has 0 unspecified atom stereocenters. The van der Waals surface area contributed by atoms with Crippen LogP contribution in [0.15, 0.2) is 47.1 Å². The summed E-state index contributed by atoms with van der Waals surface area (Å²) in [6.07, 6.45) is 0. The molecule has 2 nitrogen and oxygen atoms in total. The summed E-state index contributed by atoms with van der Waals surface area (Å²) >= 11 is 9.33. The van der Waals surface area contributed by atoms with Crippen LogP contribution in [-0.2, 0) is 6.54 Å². The van der Waals surface area contributed by atoms with Gasteiger partial charge >= 0.3 is 0 Å². The van der Waals surface area contributed by atoms with E-state index < -0.39 is 0 Å². The van der Waals surface area contributed by atoms with Crippen LogP contribution >= 0.6 is 27.5 Å². The van der Waals surface area contributed by atoms with Crippen LogP contribution in [0, 0.1) is 0 Å². The van der Waals surface area contributed by atoms with Gasteiger partial charge in [0.25, 0.3) is 0 Å². The van der Waals surface area contributed by atoms with Crippen LogP contribution in [0.25, 0.3) is 0 Å². The Morgan fingerprint density at radius 1 is 1.24 bits per heavy atom. The Kier molecular flexibility index (Phi) is 4.02. The lowest BCUT2D eigenvalue weighted by Gasteiger charge is -2.18. The molecule has 0 N–H and O–H groups in total. The lowest BCUT2D eigenvalue weighted by Crippen LogP contribution is -2.17. The topological polar surface area (TPSA) is 16.1 Å². The minimum atomic E-state index is 0.762. The predicted octanol–water partition coefficient (Wildman–Crippen LogP) is 4.13. The van der Waals surface area contributed by atoms with E-state index in [1.165, 1.54) is 5.56 Å². The highest BCUT2D eigenvalue weighted by atomic mass is 79.9. The van der Waals surface area contributed by atoms with Crippen molar-refractivity contribution in [1.29, 1.82) is 0 Å². The average molecular weight is 312 g/mol. The summed E-state index contributed by atoms with van der Waals surface area (Å²) in [6, 6.07) is 13.7. The van der Waals surface area contributed by atoms with Crippen LogP contribution in [0.5, 0.6) is 0 Å². The van der Waals surface area contributed by atoms with E-state index in [2.05, 4.69) is 31.9 Å². The van der Waals surface area contributed by atoms with Crippen molar-refractivity contribution in [1.82, 2.24) is 4.98 Å². The molecule has 0 aliphatic rings. The van der Waals surface area contributed by atoms with E-state index in [9.17, 15) is 0 Å². The van der Waals surface area contributed by atoms with Crippen molar-refractivity contribution in [2.45, 2.75) is 6.54 Å². The quantitative estimate of drug-likeness (QED) is 0.792. The van der Waals surface area contributed by atoms with Gasteiger partial charge in [0.15, 0.2) is 0 Å². The molecule has 0 saturated heterocycles. The first-order chi connectivity index (χ1) is 8.15. The highest BCUT2D eigenvalue weighted by Crippen LogP contribution is 2.17. The molecule has 17 heavy (non-hydrogen) atoms. The van der Waals surface area contributed by atoms with E-state index in [-0.39, 0.29) is 0 Å². The molecule has 0 aliphatic carbocycles. The van der Waals surface area contributed by atoms with Crippen molar-refractivity contribution in [3.8, 4) is 0 Å². The molecule has 0 fully saturated rings. The summed E-state index contributed by atoms with van der Waals surface area (Å²) < 4.78 is 0.841. The van der Waals surface area contributed by atoms with Gasteiger partial charge in [0.05, 0.1) is 0 Å². The normalized spacial score (nSPS) is 10.3.